The largest absolute Gasteiger partial charge is 0.332 e. The Morgan fingerprint density at radius 3 is 2.67 bits per heavy atom. The Morgan fingerprint density at radius 2 is 1.86 bits per heavy atom. The number of hydrogen-bond acceptors (Lipinski definition) is 5. The number of carbonyl (C=O) groups excluding carboxylic acids is 1. The summed E-state index contributed by atoms with van der Waals surface area (Å²) >= 11 is 1.59. The number of hydrogen-bond donors (Lipinski definition) is 0. The first-order valence-corrected chi connectivity index (χ1v) is 13.4. The first-order chi connectivity index (χ1) is 17.6. The highest BCUT2D eigenvalue weighted by molar-refractivity contribution is 7.99. The Morgan fingerprint density at radius 1 is 1.06 bits per heavy atom. The predicted molar refractivity (Wildman–Crippen MR) is 137 cm³/mol. The highest BCUT2D eigenvalue weighted by Crippen LogP contribution is 2.36. The highest BCUT2D eigenvalue weighted by Gasteiger charge is 2.35. The number of amides is 1. The van der Waals surface area contributed by atoms with Crippen molar-refractivity contribution in [2.24, 2.45) is 0 Å². The van der Waals surface area contributed by atoms with Crippen LogP contribution in [0, 0.1) is 6.92 Å². The number of benzene rings is 1. The van der Waals surface area contributed by atoms with Crippen LogP contribution in [0.3, 0.4) is 0 Å². The summed E-state index contributed by atoms with van der Waals surface area (Å²) in [5.74, 6) is 1.73. The van der Waals surface area contributed by atoms with Gasteiger partial charge in [-0.15, -0.1) is 0 Å². The summed E-state index contributed by atoms with van der Waals surface area (Å²) in [5, 5.41) is 5.70. The molecule has 1 unspecified atom stereocenters. The van der Waals surface area contributed by atoms with Gasteiger partial charge in [0.15, 0.2) is 5.16 Å². The maximum Gasteiger partial charge on any atom is 0.257 e. The van der Waals surface area contributed by atoms with E-state index in [1.165, 1.54) is 5.56 Å². The van der Waals surface area contributed by atoms with Crippen LogP contribution >= 0.6 is 11.8 Å². The number of carbonyl (C=O) groups is 1. The van der Waals surface area contributed by atoms with E-state index >= 15 is 0 Å². The monoisotopic (exact) mass is 498 g/mol. The number of nitrogens with zero attached hydrogens (tertiary/aromatic N) is 6. The number of rotatable bonds is 4. The van der Waals surface area contributed by atoms with Crippen LogP contribution < -0.4 is 5.56 Å². The molecule has 4 aromatic rings. The van der Waals surface area contributed by atoms with Crippen LogP contribution in [0.1, 0.15) is 47.0 Å². The van der Waals surface area contributed by atoms with Crippen LogP contribution in [-0.4, -0.2) is 40.5 Å². The average molecular weight is 499 g/mol. The summed E-state index contributed by atoms with van der Waals surface area (Å²) in [7, 11) is 0. The fourth-order valence-electron chi connectivity index (χ4n) is 5.62. The van der Waals surface area contributed by atoms with Crippen LogP contribution in [-0.2, 0) is 30.7 Å². The van der Waals surface area contributed by atoms with Gasteiger partial charge >= 0.3 is 0 Å². The molecule has 1 atom stereocenters. The van der Waals surface area contributed by atoms with Crippen molar-refractivity contribution in [2.45, 2.75) is 56.9 Å². The van der Waals surface area contributed by atoms with Crippen molar-refractivity contribution < 1.29 is 4.79 Å². The maximum atomic E-state index is 13.5. The van der Waals surface area contributed by atoms with Crippen molar-refractivity contribution in [1.82, 2.24) is 28.8 Å². The van der Waals surface area contributed by atoms with Crippen molar-refractivity contribution in [2.75, 3.05) is 5.75 Å². The van der Waals surface area contributed by atoms with Crippen molar-refractivity contribution in [3.8, 4) is 11.5 Å². The van der Waals surface area contributed by atoms with Crippen molar-refractivity contribution in [3.63, 3.8) is 0 Å². The molecule has 1 aromatic carbocycles. The van der Waals surface area contributed by atoms with Gasteiger partial charge in [0.1, 0.15) is 5.82 Å². The molecule has 0 radical (unpaired) electrons. The maximum absolute atomic E-state index is 13.5. The first kappa shape index (κ1) is 21.7. The summed E-state index contributed by atoms with van der Waals surface area (Å²) in [5.41, 5.74) is 6.05. The summed E-state index contributed by atoms with van der Waals surface area (Å²) < 4.78 is 5.82. The highest BCUT2D eigenvalue weighted by atomic mass is 32.2. The number of aryl methyl sites for hydroxylation is 2. The second-order valence-corrected chi connectivity index (χ2v) is 10.8. The second-order valence-electron chi connectivity index (χ2n) is 9.85. The van der Waals surface area contributed by atoms with Gasteiger partial charge in [-0.1, -0.05) is 29.5 Å². The minimum Gasteiger partial charge on any atom is -0.332 e. The molecule has 3 aromatic heterocycles. The minimum atomic E-state index is -0.146. The number of fused-ring (bicyclic) bond motifs is 3. The van der Waals surface area contributed by atoms with E-state index in [2.05, 4.69) is 35.8 Å². The Hall–Kier alpha value is -3.59. The lowest BCUT2D eigenvalue weighted by Crippen LogP contribution is -2.33. The fourth-order valence-corrected chi connectivity index (χ4v) is 6.77. The van der Waals surface area contributed by atoms with E-state index in [1.807, 2.05) is 34.1 Å². The molecule has 3 aliphatic rings. The first-order valence-electron chi connectivity index (χ1n) is 12.4. The zero-order valence-electron chi connectivity index (χ0n) is 20.1. The van der Waals surface area contributed by atoms with Crippen LogP contribution in [0.4, 0.5) is 0 Å². The Balaban J connectivity index is 1.16. The normalized spacial score (nSPS) is 17.9. The molecule has 5 heterocycles. The van der Waals surface area contributed by atoms with Gasteiger partial charge in [0.25, 0.3) is 5.56 Å². The van der Waals surface area contributed by atoms with Crippen LogP contribution in [0.15, 0.2) is 58.7 Å². The molecule has 1 amide bonds. The second kappa shape index (κ2) is 8.23. The number of thioether (sulfide) groups is 1. The van der Waals surface area contributed by atoms with Crippen LogP contribution in [0.5, 0.6) is 0 Å². The SMILES string of the molecule is Cc1ccc(-n2nc3c(c2-n2cccc2)CN(C(=O)CC2CSc4nc5c(c(=O)n42)CCC5)C3)cc1. The molecular formula is C27H26N6O2S. The van der Waals surface area contributed by atoms with E-state index in [9.17, 15) is 9.59 Å². The van der Waals surface area contributed by atoms with Gasteiger partial charge in [-0.05, 0) is 50.5 Å². The van der Waals surface area contributed by atoms with Crippen molar-refractivity contribution in [3.05, 3.63) is 87.2 Å². The van der Waals surface area contributed by atoms with E-state index in [4.69, 9.17) is 10.1 Å². The molecular weight excluding hydrogens is 472 g/mol. The smallest absolute Gasteiger partial charge is 0.257 e. The standard InChI is InChI=1S/C27H26N6O2S/c1-17-7-9-18(10-8-17)33-25(30-11-2-3-12-30)21-14-31(15-23(21)29-33)24(34)13-19-16-36-27-28-22-6-4-5-20(22)26(35)32(19)27/h2-3,7-12,19H,4-6,13-16H2,1H3. The number of aromatic nitrogens is 5. The quantitative estimate of drug-likeness (QED) is 0.402. The summed E-state index contributed by atoms with van der Waals surface area (Å²) in [4.78, 5) is 33.2. The predicted octanol–water partition coefficient (Wildman–Crippen LogP) is 3.60. The summed E-state index contributed by atoms with van der Waals surface area (Å²) in [6.07, 6.45) is 7.00. The molecule has 0 saturated carbocycles. The average Bonchev–Trinajstić information content (AvgIpc) is 3.67. The fraction of sp³-hybridized carbons (Fsp3) is 0.333. The lowest BCUT2D eigenvalue weighted by atomic mass is 10.2. The molecule has 8 nitrogen and oxygen atoms in total. The van der Waals surface area contributed by atoms with Gasteiger partial charge in [0.05, 0.1) is 36.2 Å². The third-order valence-corrected chi connectivity index (χ3v) is 8.59. The molecule has 0 bridgehead atoms. The zero-order valence-corrected chi connectivity index (χ0v) is 20.9. The van der Waals surface area contributed by atoms with Gasteiger partial charge in [0.2, 0.25) is 5.91 Å². The van der Waals surface area contributed by atoms with E-state index < -0.39 is 0 Å². The molecule has 0 saturated heterocycles. The molecule has 36 heavy (non-hydrogen) atoms. The van der Waals surface area contributed by atoms with Gasteiger partial charge in [0, 0.05) is 35.7 Å². The Labute approximate surface area is 212 Å². The summed E-state index contributed by atoms with van der Waals surface area (Å²) in [6, 6.07) is 12.2. The van der Waals surface area contributed by atoms with Gasteiger partial charge < -0.3 is 9.47 Å². The van der Waals surface area contributed by atoms with Crippen molar-refractivity contribution in [1.29, 1.82) is 0 Å². The minimum absolute atomic E-state index is 0.0548. The van der Waals surface area contributed by atoms with Gasteiger partial charge in [-0.3, -0.25) is 14.2 Å². The topological polar surface area (TPSA) is 78.0 Å². The molecule has 2 aliphatic heterocycles. The summed E-state index contributed by atoms with van der Waals surface area (Å²) in [6.45, 7) is 3.06. The molecule has 0 fully saturated rings. The molecule has 1 aliphatic carbocycles. The van der Waals surface area contributed by atoms with E-state index in [1.54, 1.807) is 16.3 Å². The van der Waals surface area contributed by atoms with E-state index in [0.717, 1.165) is 58.4 Å². The Kier molecular flexibility index (Phi) is 4.95. The van der Waals surface area contributed by atoms with Gasteiger partial charge in [-0.2, -0.15) is 5.10 Å². The van der Waals surface area contributed by atoms with Crippen molar-refractivity contribution >= 4 is 17.7 Å². The molecule has 0 spiro atoms. The lowest BCUT2D eigenvalue weighted by Gasteiger charge is -2.20. The molecule has 7 rings (SSSR count). The molecule has 182 valence electrons. The lowest BCUT2D eigenvalue weighted by molar-refractivity contribution is -0.132. The molecule has 0 N–H and O–H groups in total. The zero-order chi connectivity index (χ0) is 24.4. The third kappa shape index (κ3) is 3.37. The Bertz CT molecular complexity index is 1550. The van der Waals surface area contributed by atoms with Crippen LogP contribution in [0.2, 0.25) is 0 Å². The molecule has 9 heteroatoms. The third-order valence-electron chi connectivity index (χ3n) is 7.49. The van der Waals surface area contributed by atoms with E-state index in [0.29, 0.717) is 25.3 Å². The van der Waals surface area contributed by atoms with E-state index in [-0.39, 0.29) is 17.5 Å². The van der Waals surface area contributed by atoms with Gasteiger partial charge in [-0.25, -0.2) is 9.67 Å². The van der Waals surface area contributed by atoms with Crippen LogP contribution in [0.25, 0.3) is 11.5 Å².